The van der Waals surface area contributed by atoms with E-state index in [9.17, 15) is 5.11 Å². The molecule has 0 aliphatic heterocycles. The lowest BCUT2D eigenvalue weighted by molar-refractivity contribution is 0.0222. The van der Waals surface area contributed by atoms with Crippen LogP contribution in [0.5, 0.6) is 0 Å². The minimum atomic E-state index is -0.913. The van der Waals surface area contributed by atoms with Gasteiger partial charge in [0.25, 0.3) is 0 Å². The summed E-state index contributed by atoms with van der Waals surface area (Å²) in [5, 5.41) is 11.5. The third-order valence-electron chi connectivity index (χ3n) is 3.01. The lowest BCUT2D eigenvalue weighted by Crippen LogP contribution is -2.23. The van der Waals surface area contributed by atoms with E-state index in [0.717, 1.165) is 16.5 Å². The molecule has 2 aromatic rings. The summed E-state index contributed by atoms with van der Waals surface area (Å²) < 4.78 is 5.03. The largest absolute Gasteiger partial charge is 0.385 e. The fourth-order valence-corrected chi connectivity index (χ4v) is 1.97. The summed E-state index contributed by atoms with van der Waals surface area (Å²) in [6.07, 6.45) is 2.30. The van der Waals surface area contributed by atoms with Crippen molar-refractivity contribution in [1.29, 1.82) is 0 Å². The molecule has 0 spiro atoms. The number of aromatic nitrogens is 1. The minimum Gasteiger partial charge on any atom is -0.385 e. The van der Waals surface area contributed by atoms with Crippen LogP contribution >= 0.6 is 0 Å². The van der Waals surface area contributed by atoms with Crippen molar-refractivity contribution in [2.75, 3.05) is 13.7 Å². The topological polar surface area (TPSA) is 42.4 Å². The maximum absolute atomic E-state index is 10.5. The van der Waals surface area contributed by atoms with E-state index >= 15 is 0 Å². The molecule has 0 aliphatic rings. The van der Waals surface area contributed by atoms with Crippen molar-refractivity contribution in [3.63, 3.8) is 0 Å². The number of methoxy groups -OCH3 is 1. The van der Waals surface area contributed by atoms with E-state index in [1.165, 1.54) is 0 Å². The van der Waals surface area contributed by atoms with Crippen LogP contribution in [0, 0.1) is 0 Å². The van der Waals surface area contributed by atoms with Gasteiger partial charge in [-0.2, -0.15) is 0 Å². The number of rotatable bonds is 4. The molecule has 17 heavy (non-hydrogen) atoms. The second-order valence-corrected chi connectivity index (χ2v) is 4.40. The second-order valence-electron chi connectivity index (χ2n) is 4.40. The van der Waals surface area contributed by atoms with Crippen molar-refractivity contribution in [2.24, 2.45) is 0 Å². The first-order valence-corrected chi connectivity index (χ1v) is 5.71. The molecule has 1 aromatic heterocycles. The summed E-state index contributed by atoms with van der Waals surface area (Å²) in [6.45, 7) is 2.33. The van der Waals surface area contributed by atoms with Gasteiger partial charge in [-0.05, 0) is 13.0 Å². The highest BCUT2D eigenvalue weighted by atomic mass is 16.5. The van der Waals surface area contributed by atoms with Crippen LogP contribution in [0.3, 0.4) is 0 Å². The molecule has 0 bridgehead atoms. The third kappa shape index (κ3) is 2.46. The van der Waals surface area contributed by atoms with Gasteiger partial charge >= 0.3 is 0 Å². The molecule has 0 aliphatic carbocycles. The first kappa shape index (κ1) is 12.0. The highest BCUT2D eigenvalue weighted by Gasteiger charge is 2.25. The van der Waals surface area contributed by atoms with Crippen molar-refractivity contribution in [2.45, 2.75) is 18.9 Å². The zero-order valence-electron chi connectivity index (χ0n) is 10.2. The van der Waals surface area contributed by atoms with Gasteiger partial charge in [0.1, 0.15) is 0 Å². The maximum Gasteiger partial charge on any atom is 0.0911 e. The van der Waals surface area contributed by atoms with Crippen LogP contribution < -0.4 is 0 Å². The van der Waals surface area contributed by atoms with Gasteiger partial charge in [-0.15, -0.1) is 0 Å². The molecule has 1 aromatic carbocycles. The summed E-state index contributed by atoms with van der Waals surface area (Å²) in [4.78, 5) is 4.35. The minimum absolute atomic E-state index is 0.524. The van der Waals surface area contributed by atoms with E-state index in [1.807, 2.05) is 30.3 Å². The number of hydrogen-bond acceptors (Lipinski definition) is 3. The Morgan fingerprint density at radius 3 is 2.82 bits per heavy atom. The summed E-state index contributed by atoms with van der Waals surface area (Å²) in [5.41, 5.74) is 0.799. The number of nitrogens with zero attached hydrogens (tertiary/aromatic N) is 1. The summed E-state index contributed by atoms with van der Waals surface area (Å²) in [7, 11) is 1.64. The van der Waals surface area contributed by atoms with E-state index in [0.29, 0.717) is 13.0 Å². The smallest absolute Gasteiger partial charge is 0.0911 e. The number of aliphatic hydroxyl groups is 1. The van der Waals surface area contributed by atoms with Crippen LogP contribution in [0.2, 0.25) is 0 Å². The van der Waals surface area contributed by atoms with Crippen molar-refractivity contribution < 1.29 is 9.84 Å². The van der Waals surface area contributed by atoms with Crippen LogP contribution in [0.1, 0.15) is 18.9 Å². The van der Waals surface area contributed by atoms with E-state index < -0.39 is 5.60 Å². The summed E-state index contributed by atoms with van der Waals surface area (Å²) in [6, 6.07) is 9.76. The second kappa shape index (κ2) is 4.82. The first-order valence-electron chi connectivity index (χ1n) is 5.71. The molecule has 3 heteroatoms. The third-order valence-corrected chi connectivity index (χ3v) is 3.01. The van der Waals surface area contributed by atoms with Gasteiger partial charge in [0.15, 0.2) is 0 Å². The number of hydrogen-bond donors (Lipinski definition) is 1. The number of benzene rings is 1. The fraction of sp³-hybridized carbons (Fsp3) is 0.357. The number of para-hydroxylation sites is 1. The molecule has 2 rings (SSSR count). The van der Waals surface area contributed by atoms with Crippen LogP contribution in [-0.4, -0.2) is 23.8 Å². The van der Waals surface area contributed by atoms with Gasteiger partial charge in [0, 0.05) is 37.3 Å². The van der Waals surface area contributed by atoms with Gasteiger partial charge in [-0.3, -0.25) is 4.98 Å². The Morgan fingerprint density at radius 2 is 2.06 bits per heavy atom. The molecular formula is C14H17NO2. The van der Waals surface area contributed by atoms with Crippen LogP contribution in [0.4, 0.5) is 0 Å². The van der Waals surface area contributed by atoms with E-state index in [-0.39, 0.29) is 0 Å². The molecule has 1 atom stereocenters. The zero-order valence-corrected chi connectivity index (χ0v) is 10.2. The lowest BCUT2D eigenvalue weighted by atomic mass is 9.91. The SMILES string of the molecule is COCCC(C)(O)c1cccc2cccnc12. The molecule has 0 radical (unpaired) electrons. The standard InChI is InChI=1S/C14H17NO2/c1-14(16,8-10-17-2)12-7-3-5-11-6-4-9-15-13(11)12/h3-7,9,16H,8,10H2,1-2H3. The predicted octanol–water partition coefficient (Wildman–Crippen LogP) is 2.48. The van der Waals surface area contributed by atoms with Crippen molar-refractivity contribution >= 4 is 10.9 Å². The molecular weight excluding hydrogens is 214 g/mol. The van der Waals surface area contributed by atoms with Crippen molar-refractivity contribution in [1.82, 2.24) is 4.98 Å². The Bertz CT molecular complexity index is 503. The molecule has 1 N–H and O–H groups in total. The lowest BCUT2D eigenvalue weighted by Gasteiger charge is -2.24. The molecule has 90 valence electrons. The predicted molar refractivity (Wildman–Crippen MR) is 67.8 cm³/mol. The van der Waals surface area contributed by atoms with Crippen molar-refractivity contribution in [3.8, 4) is 0 Å². The Kier molecular flexibility index (Phi) is 3.41. The molecule has 0 saturated carbocycles. The first-order chi connectivity index (χ1) is 8.15. The van der Waals surface area contributed by atoms with E-state index in [4.69, 9.17) is 4.74 Å². The molecule has 1 heterocycles. The van der Waals surface area contributed by atoms with Crippen molar-refractivity contribution in [3.05, 3.63) is 42.1 Å². The van der Waals surface area contributed by atoms with Crippen LogP contribution in [0.25, 0.3) is 10.9 Å². The van der Waals surface area contributed by atoms with Gasteiger partial charge < -0.3 is 9.84 Å². The Morgan fingerprint density at radius 1 is 1.29 bits per heavy atom. The van der Waals surface area contributed by atoms with Gasteiger partial charge in [0.2, 0.25) is 0 Å². The molecule has 3 nitrogen and oxygen atoms in total. The quantitative estimate of drug-likeness (QED) is 0.879. The monoisotopic (exact) mass is 231 g/mol. The highest BCUT2D eigenvalue weighted by molar-refractivity contribution is 5.82. The zero-order chi connectivity index (χ0) is 12.3. The Hall–Kier alpha value is -1.45. The van der Waals surface area contributed by atoms with Gasteiger partial charge in [0.05, 0.1) is 11.1 Å². The number of fused-ring (bicyclic) bond motifs is 1. The average Bonchev–Trinajstić information content (AvgIpc) is 2.36. The maximum atomic E-state index is 10.5. The van der Waals surface area contributed by atoms with Crippen LogP contribution in [-0.2, 0) is 10.3 Å². The van der Waals surface area contributed by atoms with Crippen LogP contribution in [0.15, 0.2) is 36.5 Å². The highest BCUT2D eigenvalue weighted by Crippen LogP contribution is 2.29. The molecule has 0 saturated heterocycles. The van der Waals surface area contributed by atoms with Gasteiger partial charge in [-0.25, -0.2) is 0 Å². The number of pyridine rings is 1. The Labute approximate surface area is 101 Å². The van der Waals surface area contributed by atoms with E-state index in [1.54, 1.807) is 20.2 Å². The Balaban J connectivity index is 2.47. The summed E-state index contributed by atoms with van der Waals surface area (Å²) in [5.74, 6) is 0. The molecule has 0 amide bonds. The normalized spacial score (nSPS) is 14.8. The molecule has 1 unspecified atom stereocenters. The van der Waals surface area contributed by atoms with E-state index in [2.05, 4.69) is 4.98 Å². The average molecular weight is 231 g/mol. The molecule has 0 fully saturated rings. The fourth-order valence-electron chi connectivity index (χ4n) is 1.97. The van der Waals surface area contributed by atoms with Gasteiger partial charge in [-0.1, -0.05) is 24.3 Å². The number of ether oxygens (including phenoxy) is 1. The summed E-state index contributed by atoms with van der Waals surface area (Å²) >= 11 is 0.